The number of hydrogen-bond donors (Lipinski definition) is 1. The van der Waals surface area contributed by atoms with Gasteiger partial charge in [-0.05, 0) is 25.1 Å². The van der Waals surface area contributed by atoms with Crippen LogP contribution in [-0.2, 0) is 4.74 Å². The van der Waals surface area contributed by atoms with Gasteiger partial charge in [0.2, 0.25) is 0 Å². The quantitative estimate of drug-likeness (QED) is 0.727. The summed E-state index contributed by atoms with van der Waals surface area (Å²) in [4.78, 5) is 0. The van der Waals surface area contributed by atoms with Gasteiger partial charge in [0.25, 0.3) is 0 Å². The molecule has 0 saturated heterocycles. The zero-order valence-electron chi connectivity index (χ0n) is 10.7. The van der Waals surface area contributed by atoms with Gasteiger partial charge in [0.15, 0.2) is 11.6 Å². The highest BCUT2D eigenvalue weighted by Gasteiger charge is 2.11. The molecule has 0 aromatic heterocycles. The molecule has 1 aromatic carbocycles. The Balaban J connectivity index is 2.55. The summed E-state index contributed by atoms with van der Waals surface area (Å²) in [6.07, 6.45) is 0.789. The molecule has 0 amide bonds. The van der Waals surface area contributed by atoms with Gasteiger partial charge >= 0.3 is 0 Å². The first-order valence-corrected chi connectivity index (χ1v) is 5.98. The van der Waals surface area contributed by atoms with Crippen molar-refractivity contribution in [3.8, 4) is 5.75 Å². The predicted molar refractivity (Wildman–Crippen MR) is 65.8 cm³/mol. The van der Waals surface area contributed by atoms with Crippen LogP contribution in [-0.4, -0.2) is 32.9 Å². The maximum absolute atomic E-state index is 13.0. The van der Waals surface area contributed by atoms with Gasteiger partial charge in [-0.1, -0.05) is 6.92 Å². The van der Waals surface area contributed by atoms with E-state index >= 15 is 0 Å². The van der Waals surface area contributed by atoms with E-state index in [1.54, 1.807) is 7.11 Å². The summed E-state index contributed by atoms with van der Waals surface area (Å²) in [6.45, 7) is 3.92. The molecule has 5 heteroatoms. The highest BCUT2D eigenvalue weighted by Crippen LogP contribution is 2.16. The van der Waals surface area contributed by atoms with Crippen LogP contribution in [0.1, 0.15) is 13.3 Å². The van der Waals surface area contributed by atoms with Gasteiger partial charge < -0.3 is 14.8 Å². The summed E-state index contributed by atoms with van der Waals surface area (Å²) in [7, 11) is 1.57. The second kappa shape index (κ2) is 8.00. The van der Waals surface area contributed by atoms with Crippen LogP contribution in [0.15, 0.2) is 18.2 Å². The molecule has 0 bridgehead atoms. The fourth-order valence-electron chi connectivity index (χ4n) is 1.50. The van der Waals surface area contributed by atoms with E-state index in [2.05, 4.69) is 12.2 Å². The van der Waals surface area contributed by atoms with Crippen LogP contribution in [0.5, 0.6) is 5.75 Å². The predicted octanol–water partition coefficient (Wildman–Crippen LogP) is 2.36. The summed E-state index contributed by atoms with van der Waals surface area (Å²) in [5.41, 5.74) is 0. The Labute approximate surface area is 106 Å². The van der Waals surface area contributed by atoms with E-state index in [-0.39, 0.29) is 6.10 Å². The second-order valence-electron chi connectivity index (χ2n) is 3.98. The average molecular weight is 259 g/mol. The summed E-state index contributed by atoms with van der Waals surface area (Å²) < 4.78 is 36.4. The molecule has 1 unspecified atom stereocenters. The van der Waals surface area contributed by atoms with Crippen molar-refractivity contribution in [2.75, 3.05) is 26.8 Å². The molecule has 1 rings (SSSR count). The minimum Gasteiger partial charge on any atom is -0.487 e. The maximum Gasteiger partial charge on any atom is 0.162 e. The van der Waals surface area contributed by atoms with Crippen molar-refractivity contribution in [3.05, 3.63) is 29.8 Å². The van der Waals surface area contributed by atoms with Crippen LogP contribution in [0.3, 0.4) is 0 Å². The van der Waals surface area contributed by atoms with Crippen LogP contribution in [0.25, 0.3) is 0 Å². The zero-order chi connectivity index (χ0) is 13.4. The number of ether oxygens (including phenoxy) is 2. The molecule has 0 radical (unpaired) electrons. The number of hydrogen-bond acceptors (Lipinski definition) is 3. The third kappa shape index (κ3) is 4.98. The molecular formula is C13H19F2NO2. The van der Waals surface area contributed by atoms with Gasteiger partial charge in [0.1, 0.15) is 11.9 Å². The summed E-state index contributed by atoms with van der Waals surface area (Å²) in [5, 5.41) is 3.19. The normalized spacial score (nSPS) is 12.4. The van der Waals surface area contributed by atoms with Crippen molar-refractivity contribution in [2.45, 2.75) is 19.4 Å². The lowest BCUT2D eigenvalue weighted by molar-refractivity contribution is 0.0804. The molecule has 1 N–H and O–H groups in total. The van der Waals surface area contributed by atoms with Crippen LogP contribution < -0.4 is 10.1 Å². The lowest BCUT2D eigenvalue weighted by Gasteiger charge is -2.19. The standard InChI is InChI=1S/C13H19F2NO2/c1-3-6-16-8-11(9-17-2)18-10-4-5-12(14)13(15)7-10/h4-5,7,11,16H,3,6,8-9H2,1-2H3. The molecule has 0 saturated carbocycles. The fourth-order valence-corrected chi connectivity index (χ4v) is 1.50. The highest BCUT2D eigenvalue weighted by atomic mass is 19.2. The number of rotatable bonds is 8. The van der Waals surface area contributed by atoms with Crippen LogP contribution in [0.4, 0.5) is 8.78 Å². The van der Waals surface area contributed by atoms with E-state index in [0.717, 1.165) is 25.1 Å². The largest absolute Gasteiger partial charge is 0.487 e. The minimum absolute atomic E-state index is 0.230. The molecule has 1 aromatic rings. The highest BCUT2D eigenvalue weighted by molar-refractivity contribution is 5.23. The van der Waals surface area contributed by atoms with E-state index < -0.39 is 11.6 Å². The van der Waals surface area contributed by atoms with Gasteiger partial charge in [-0.2, -0.15) is 0 Å². The molecule has 102 valence electrons. The molecule has 0 aliphatic carbocycles. The molecule has 0 heterocycles. The second-order valence-corrected chi connectivity index (χ2v) is 3.98. The zero-order valence-corrected chi connectivity index (χ0v) is 10.7. The molecule has 0 fully saturated rings. The Bertz CT molecular complexity index is 361. The van der Waals surface area contributed by atoms with Crippen molar-refractivity contribution < 1.29 is 18.3 Å². The van der Waals surface area contributed by atoms with Gasteiger partial charge in [-0.25, -0.2) is 8.78 Å². The number of nitrogens with one attached hydrogen (secondary N) is 1. The average Bonchev–Trinajstić information content (AvgIpc) is 2.34. The van der Waals surface area contributed by atoms with Crippen LogP contribution >= 0.6 is 0 Å². The van der Waals surface area contributed by atoms with Crippen molar-refractivity contribution in [1.29, 1.82) is 0 Å². The fraction of sp³-hybridized carbons (Fsp3) is 0.538. The smallest absolute Gasteiger partial charge is 0.162 e. The number of benzene rings is 1. The topological polar surface area (TPSA) is 30.5 Å². The van der Waals surface area contributed by atoms with Gasteiger partial charge in [-0.15, -0.1) is 0 Å². The Morgan fingerprint density at radius 1 is 1.28 bits per heavy atom. The Kier molecular flexibility index (Phi) is 6.60. The molecule has 0 spiro atoms. The summed E-state index contributed by atoms with van der Waals surface area (Å²) >= 11 is 0. The van der Waals surface area contributed by atoms with E-state index in [9.17, 15) is 8.78 Å². The van der Waals surface area contributed by atoms with Gasteiger partial charge in [0, 0.05) is 19.7 Å². The van der Waals surface area contributed by atoms with Crippen molar-refractivity contribution in [1.82, 2.24) is 5.32 Å². The Hall–Kier alpha value is -1.20. The third-order valence-corrected chi connectivity index (χ3v) is 2.35. The van der Waals surface area contributed by atoms with Gasteiger partial charge in [-0.3, -0.25) is 0 Å². The molecule has 18 heavy (non-hydrogen) atoms. The van der Waals surface area contributed by atoms with Crippen LogP contribution in [0, 0.1) is 11.6 Å². The Morgan fingerprint density at radius 2 is 2.06 bits per heavy atom. The molecule has 0 aliphatic heterocycles. The lowest BCUT2D eigenvalue weighted by atomic mass is 10.3. The van der Waals surface area contributed by atoms with Crippen LogP contribution in [0.2, 0.25) is 0 Å². The Morgan fingerprint density at radius 3 is 2.67 bits per heavy atom. The molecule has 0 aliphatic rings. The van der Waals surface area contributed by atoms with Crippen molar-refractivity contribution in [2.24, 2.45) is 0 Å². The van der Waals surface area contributed by atoms with E-state index in [0.29, 0.717) is 18.9 Å². The van der Waals surface area contributed by atoms with Crippen molar-refractivity contribution in [3.63, 3.8) is 0 Å². The number of halogens is 2. The molecular weight excluding hydrogens is 240 g/mol. The van der Waals surface area contributed by atoms with Crippen molar-refractivity contribution >= 4 is 0 Å². The summed E-state index contributed by atoms with van der Waals surface area (Å²) in [5.74, 6) is -1.49. The van der Waals surface area contributed by atoms with E-state index in [1.807, 2.05) is 0 Å². The van der Waals surface area contributed by atoms with Gasteiger partial charge in [0.05, 0.1) is 6.61 Å². The van der Waals surface area contributed by atoms with E-state index in [4.69, 9.17) is 9.47 Å². The number of methoxy groups -OCH3 is 1. The lowest BCUT2D eigenvalue weighted by Crippen LogP contribution is -2.35. The summed E-state index contributed by atoms with van der Waals surface area (Å²) in [6, 6.07) is 3.49. The minimum atomic E-state index is -0.912. The first-order chi connectivity index (χ1) is 8.67. The first-order valence-electron chi connectivity index (χ1n) is 5.98. The SMILES string of the molecule is CCCNCC(COC)Oc1ccc(F)c(F)c1. The maximum atomic E-state index is 13.0. The monoisotopic (exact) mass is 259 g/mol. The first kappa shape index (κ1) is 14.9. The third-order valence-electron chi connectivity index (χ3n) is 2.35. The van der Waals surface area contributed by atoms with E-state index in [1.165, 1.54) is 6.07 Å². The molecule has 3 nitrogen and oxygen atoms in total. The molecule has 1 atom stereocenters.